The van der Waals surface area contributed by atoms with E-state index in [0.29, 0.717) is 11.3 Å². The summed E-state index contributed by atoms with van der Waals surface area (Å²) in [6, 6.07) is 3.09. The molecule has 90 valence electrons. The van der Waals surface area contributed by atoms with Crippen molar-refractivity contribution in [1.29, 1.82) is 0 Å². The lowest BCUT2D eigenvalue weighted by molar-refractivity contribution is 0.344. The van der Waals surface area contributed by atoms with Crippen LogP contribution in [0.2, 0.25) is 0 Å². The largest absolute Gasteiger partial charge is 0.492 e. The highest BCUT2D eigenvalue weighted by molar-refractivity contribution is 7.90. The van der Waals surface area contributed by atoms with E-state index in [1.165, 1.54) is 20.3 Å². The van der Waals surface area contributed by atoms with E-state index in [9.17, 15) is 8.42 Å². The molecule has 1 aromatic carbocycles. The summed E-state index contributed by atoms with van der Waals surface area (Å²) in [6.07, 6.45) is 1.12. The summed E-state index contributed by atoms with van der Waals surface area (Å²) in [7, 11) is -0.506. The molecular formula is C10H15NO4S. The van der Waals surface area contributed by atoms with Gasteiger partial charge in [0.25, 0.3) is 0 Å². The zero-order chi connectivity index (χ0) is 12.3. The van der Waals surface area contributed by atoms with Crippen molar-refractivity contribution in [3.63, 3.8) is 0 Å². The van der Waals surface area contributed by atoms with E-state index in [2.05, 4.69) is 0 Å². The molecule has 0 fully saturated rings. The first kappa shape index (κ1) is 12.8. The van der Waals surface area contributed by atoms with Gasteiger partial charge in [0.1, 0.15) is 4.90 Å². The third-order valence-electron chi connectivity index (χ3n) is 2.19. The van der Waals surface area contributed by atoms with E-state index in [-0.39, 0.29) is 17.2 Å². The number of benzene rings is 1. The molecule has 0 heterocycles. The van der Waals surface area contributed by atoms with E-state index < -0.39 is 9.84 Å². The fourth-order valence-electron chi connectivity index (χ4n) is 1.46. The Kier molecular flexibility index (Phi) is 3.77. The number of nitrogens with two attached hydrogens (primary N) is 1. The zero-order valence-electron chi connectivity index (χ0n) is 9.48. The van der Waals surface area contributed by atoms with Gasteiger partial charge < -0.3 is 15.2 Å². The minimum Gasteiger partial charge on any atom is -0.492 e. The van der Waals surface area contributed by atoms with Crippen LogP contribution in [0.25, 0.3) is 0 Å². The van der Waals surface area contributed by atoms with E-state index in [0.717, 1.165) is 6.26 Å². The summed E-state index contributed by atoms with van der Waals surface area (Å²) in [4.78, 5) is 0.101. The topological polar surface area (TPSA) is 78.6 Å². The van der Waals surface area contributed by atoms with Crippen LogP contribution in [-0.2, 0) is 16.4 Å². The maximum absolute atomic E-state index is 11.5. The lowest BCUT2D eigenvalue weighted by Gasteiger charge is -2.14. The molecule has 1 aromatic rings. The van der Waals surface area contributed by atoms with Gasteiger partial charge in [0, 0.05) is 18.4 Å². The van der Waals surface area contributed by atoms with Crippen LogP contribution >= 0.6 is 0 Å². The maximum atomic E-state index is 11.5. The molecule has 0 bridgehead atoms. The molecule has 0 spiro atoms. The van der Waals surface area contributed by atoms with E-state index in [4.69, 9.17) is 15.2 Å². The molecule has 0 aromatic heterocycles. The highest BCUT2D eigenvalue weighted by atomic mass is 32.2. The minimum absolute atomic E-state index is 0.101. The lowest BCUT2D eigenvalue weighted by atomic mass is 10.2. The Balaban J connectivity index is 3.56. The van der Waals surface area contributed by atoms with E-state index >= 15 is 0 Å². The molecule has 0 radical (unpaired) electrons. The summed E-state index contributed by atoms with van der Waals surface area (Å²) in [5, 5.41) is 0. The first-order chi connectivity index (χ1) is 7.45. The normalized spacial score (nSPS) is 11.2. The van der Waals surface area contributed by atoms with E-state index in [1.54, 1.807) is 6.07 Å². The van der Waals surface area contributed by atoms with Crippen molar-refractivity contribution in [3.8, 4) is 11.5 Å². The van der Waals surface area contributed by atoms with Gasteiger partial charge in [-0.15, -0.1) is 0 Å². The summed E-state index contributed by atoms with van der Waals surface area (Å²) in [5.41, 5.74) is 6.22. The standard InChI is InChI=1S/C10H15NO4S/c1-14-9-7(6-11)4-5-8(10(9)15-2)16(3,12)13/h4-5H,6,11H2,1-3H3. The van der Waals surface area contributed by atoms with Gasteiger partial charge in [-0.1, -0.05) is 6.07 Å². The number of sulfone groups is 1. The molecule has 1 rings (SSSR count). The molecule has 6 heteroatoms. The Bertz CT molecular complexity index is 482. The molecule has 0 amide bonds. The number of rotatable bonds is 4. The Labute approximate surface area is 95.1 Å². The van der Waals surface area contributed by atoms with Crippen molar-refractivity contribution in [2.45, 2.75) is 11.4 Å². The van der Waals surface area contributed by atoms with Crippen LogP contribution in [-0.4, -0.2) is 28.9 Å². The van der Waals surface area contributed by atoms with Gasteiger partial charge in [0.05, 0.1) is 14.2 Å². The number of hydrogen-bond acceptors (Lipinski definition) is 5. The molecule has 0 unspecified atom stereocenters. The van der Waals surface area contributed by atoms with Gasteiger partial charge in [0.2, 0.25) is 0 Å². The molecule has 0 aliphatic carbocycles. The third kappa shape index (κ3) is 2.28. The highest BCUT2D eigenvalue weighted by Gasteiger charge is 2.20. The molecule has 16 heavy (non-hydrogen) atoms. The Morgan fingerprint density at radius 3 is 2.12 bits per heavy atom. The summed E-state index contributed by atoms with van der Waals surface area (Å²) >= 11 is 0. The molecule has 2 N–H and O–H groups in total. The number of hydrogen-bond donors (Lipinski definition) is 1. The van der Waals surface area contributed by atoms with Gasteiger partial charge in [0.15, 0.2) is 21.3 Å². The van der Waals surface area contributed by atoms with Gasteiger partial charge >= 0.3 is 0 Å². The van der Waals surface area contributed by atoms with Crippen molar-refractivity contribution >= 4 is 9.84 Å². The maximum Gasteiger partial charge on any atom is 0.179 e. The molecular weight excluding hydrogens is 230 g/mol. The first-order valence-corrected chi connectivity index (χ1v) is 6.48. The second-order valence-electron chi connectivity index (χ2n) is 3.27. The molecule has 5 nitrogen and oxygen atoms in total. The number of ether oxygens (including phenoxy) is 2. The predicted octanol–water partition coefficient (Wildman–Crippen LogP) is 0.566. The quantitative estimate of drug-likeness (QED) is 0.838. The van der Waals surface area contributed by atoms with Crippen LogP contribution in [0.3, 0.4) is 0 Å². The highest BCUT2D eigenvalue weighted by Crippen LogP contribution is 2.36. The Morgan fingerprint density at radius 2 is 1.75 bits per heavy atom. The van der Waals surface area contributed by atoms with Crippen LogP contribution < -0.4 is 15.2 Å². The van der Waals surface area contributed by atoms with Gasteiger partial charge in [-0.2, -0.15) is 0 Å². The molecule has 0 aliphatic heterocycles. The van der Waals surface area contributed by atoms with Crippen LogP contribution in [0.5, 0.6) is 11.5 Å². The minimum atomic E-state index is -3.35. The average Bonchev–Trinajstić information content (AvgIpc) is 2.25. The van der Waals surface area contributed by atoms with Crippen LogP contribution in [0, 0.1) is 0 Å². The number of methoxy groups -OCH3 is 2. The second-order valence-corrected chi connectivity index (χ2v) is 5.25. The van der Waals surface area contributed by atoms with E-state index in [1.807, 2.05) is 0 Å². The van der Waals surface area contributed by atoms with Gasteiger partial charge in [-0.25, -0.2) is 8.42 Å². The van der Waals surface area contributed by atoms with Gasteiger partial charge in [-0.05, 0) is 6.07 Å². The monoisotopic (exact) mass is 245 g/mol. The van der Waals surface area contributed by atoms with Crippen molar-refractivity contribution in [2.75, 3.05) is 20.5 Å². The Hall–Kier alpha value is -1.27. The lowest BCUT2D eigenvalue weighted by Crippen LogP contribution is -2.06. The van der Waals surface area contributed by atoms with Crippen LogP contribution in [0.15, 0.2) is 17.0 Å². The van der Waals surface area contributed by atoms with Crippen molar-refractivity contribution in [3.05, 3.63) is 17.7 Å². The smallest absolute Gasteiger partial charge is 0.179 e. The molecule has 0 saturated carbocycles. The molecule has 0 atom stereocenters. The molecule has 0 saturated heterocycles. The third-order valence-corrected chi connectivity index (χ3v) is 3.31. The zero-order valence-corrected chi connectivity index (χ0v) is 10.3. The van der Waals surface area contributed by atoms with Crippen molar-refractivity contribution < 1.29 is 17.9 Å². The Morgan fingerprint density at radius 1 is 1.19 bits per heavy atom. The average molecular weight is 245 g/mol. The van der Waals surface area contributed by atoms with Crippen LogP contribution in [0.4, 0.5) is 0 Å². The fraction of sp³-hybridized carbons (Fsp3) is 0.400. The molecule has 0 aliphatic rings. The summed E-state index contributed by atoms with van der Waals surface area (Å²) in [5.74, 6) is 0.570. The summed E-state index contributed by atoms with van der Waals surface area (Å²) < 4.78 is 33.2. The first-order valence-electron chi connectivity index (χ1n) is 4.59. The van der Waals surface area contributed by atoms with Crippen LogP contribution in [0.1, 0.15) is 5.56 Å². The SMILES string of the molecule is COc1c(CN)ccc(S(C)(=O)=O)c1OC. The van der Waals surface area contributed by atoms with Crippen molar-refractivity contribution in [1.82, 2.24) is 0 Å². The predicted molar refractivity (Wildman–Crippen MR) is 60.5 cm³/mol. The second kappa shape index (κ2) is 4.71. The summed E-state index contributed by atoms with van der Waals surface area (Å²) in [6.45, 7) is 0.254. The van der Waals surface area contributed by atoms with Crippen molar-refractivity contribution in [2.24, 2.45) is 5.73 Å². The van der Waals surface area contributed by atoms with Gasteiger partial charge in [-0.3, -0.25) is 0 Å². The fourth-order valence-corrected chi connectivity index (χ4v) is 2.28.